The van der Waals surface area contributed by atoms with Gasteiger partial charge in [-0.2, -0.15) is 0 Å². The number of nitrogens with one attached hydrogen (secondary N) is 1. The average Bonchev–Trinajstić information content (AvgIpc) is 2.52. The van der Waals surface area contributed by atoms with Crippen molar-refractivity contribution in [1.82, 2.24) is 9.97 Å². The summed E-state index contributed by atoms with van der Waals surface area (Å²) in [5, 5.41) is 0. The fourth-order valence-electron chi connectivity index (χ4n) is 1.28. The van der Waals surface area contributed by atoms with Gasteiger partial charge in [0.15, 0.2) is 0 Å². The summed E-state index contributed by atoms with van der Waals surface area (Å²) in [5.74, 6) is 0.906. The maximum atomic E-state index is 4.34. The second kappa shape index (κ2) is 3.05. The summed E-state index contributed by atoms with van der Waals surface area (Å²) in [6.45, 7) is 5.84. The topological polar surface area (TPSA) is 28.7 Å². The third-order valence-corrected chi connectivity index (χ3v) is 1.91. The van der Waals surface area contributed by atoms with Gasteiger partial charge in [0.25, 0.3) is 0 Å². The monoisotopic (exact) mass is 171 g/mol. The minimum atomic E-state index is 0.906. The number of imidazole rings is 1. The van der Waals surface area contributed by atoms with Gasteiger partial charge in [-0.25, -0.2) is 4.98 Å². The third-order valence-electron chi connectivity index (χ3n) is 1.91. The minimum absolute atomic E-state index is 0.906. The number of aromatic nitrogens is 2. The number of hydrogen-bond acceptors (Lipinski definition) is 1. The molecule has 0 fully saturated rings. The Hall–Kier alpha value is -1.57. The molecule has 1 heterocycles. The van der Waals surface area contributed by atoms with Gasteiger partial charge in [0, 0.05) is 11.8 Å². The van der Waals surface area contributed by atoms with Gasteiger partial charge in [-0.05, 0) is 25.5 Å². The second-order valence-electron chi connectivity index (χ2n) is 3.09. The molecule has 13 heavy (non-hydrogen) atoms. The first-order valence-corrected chi connectivity index (χ1v) is 4.20. The Kier molecular flexibility index (Phi) is 1.89. The van der Waals surface area contributed by atoms with Crippen LogP contribution in [0, 0.1) is 13.8 Å². The number of nitrogens with zero attached hydrogens (tertiary/aromatic N) is 1. The van der Waals surface area contributed by atoms with Crippen LogP contribution < -0.4 is 0 Å². The summed E-state index contributed by atoms with van der Waals surface area (Å²) in [5.41, 5.74) is 3.09. The number of hydrogen-bond donors (Lipinski definition) is 1. The van der Waals surface area contributed by atoms with Crippen molar-refractivity contribution < 1.29 is 0 Å². The van der Waals surface area contributed by atoms with Crippen molar-refractivity contribution in [2.45, 2.75) is 6.92 Å². The lowest BCUT2D eigenvalue weighted by Crippen LogP contribution is -1.81. The van der Waals surface area contributed by atoms with E-state index in [1.54, 1.807) is 0 Å². The van der Waals surface area contributed by atoms with Gasteiger partial charge < -0.3 is 4.98 Å². The first-order chi connectivity index (χ1) is 6.25. The Morgan fingerprint density at radius 2 is 2.23 bits per heavy atom. The van der Waals surface area contributed by atoms with Gasteiger partial charge in [-0.15, -0.1) is 0 Å². The molecule has 1 N–H and O–H groups in total. The molecule has 0 saturated carbocycles. The van der Waals surface area contributed by atoms with Crippen LogP contribution >= 0.6 is 0 Å². The summed E-state index contributed by atoms with van der Waals surface area (Å²) < 4.78 is 0. The van der Waals surface area contributed by atoms with Crippen molar-refractivity contribution in [3.63, 3.8) is 0 Å². The predicted molar refractivity (Wildman–Crippen MR) is 53.2 cm³/mol. The van der Waals surface area contributed by atoms with Crippen LogP contribution in [0.5, 0.6) is 0 Å². The van der Waals surface area contributed by atoms with E-state index in [1.165, 1.54) is 0 Å². The zero-order valence-electron chi connectivity index (χ0n) is 7.54. The zero-order valence-corrected chi connectivity index (χ0v) is 7.54. The van der Waals surface area contributed by atoms with Crippen molar-refractivity contribution in [3.05, 3.63) is 48.6 Å². The largest absolute Gasteiger partial charge is 0.344 e. The van der Waals surface area contributed by atoms with E-state index in [9.17, 15) is 0 Å². The van der Waals surface area contributed by atoms with E-state index in [0.717, 1.165) is 22.6 Å². The number of aryl methyl sites for hydroxylation is 1. The van der Waals surface area contributed by atoms with E-state index in [1.807, 2.05) is 37.4 Å². The molecule has 1 aromatic heterocycles. The van der Waals surface area contributed by atoms with E-state index in [0.29, 0.717) is 0 Å². The molecule has 0 unspecified atom stereocenters. The molecule has 0 saturated heterocycles. The second-order valence-corrected chi connectivity index (χ2v) is 3.09. The molecule has 2 aromatic rings. The maximum Gasteiger partial charge on any atom is 0.137 e. The molecule has 0 aliphatic heterocycles. The lowest BCUT2D eigenvalue weighted by atomic mass is 10.1. The molecule has 0 atom stereocenters. The van der Waals surface area contributed by atoms with E-state index in [2.05, 4.69) is 16.9 Å². The Balaban J connectivity index is 2.46. The molecule has 1 aromatic carbocycles. The minimum Gasteiger partial charge on any atom is -0.344 e. The van der Waals surface area contributed by atoms with E-state index in [-0.39, 0.29) is 0 Å². The van der Waals surface area contributed by atoms with Crippen LogP contribution in [-0.4, -0.2) is 9.97 Å². The normalized spacial score (nSPS) is 10.3. The summed E-state index contributed by atoms with van der Waals surface area (Å²) in [4.78, 5) is 7.45. The SMILES string of the molecule is [CH2]c1cccc(-c2nc(C)c[nH]2)c1. The van der Waals surface area contributed by atoms with Crippen molar-refractivity contribution in [2.24, 2.45) is 0 Å². The Morgan fingerprint density at radius 1 is 1.38 bits per heavy atom. The Labute approximate surface area is 77.6 Å². The highest BCUT2D eigenvalue weighted by Gasteiger charge is 2.00. The highest BCUT2D eigenvalue weighted by atomic mass is 14.9. The summed E-state index contributed by atoms with van der Waals surface area (Å²) in [7, 11) is 0. The standard InChI is InChI=1S/C11H11N2/c1-8-4-3-5-10(6-8)11-12-7-9(2)13-11/h3-7H,1H2,2H3,(H,12,13). The molecule has 1 radical (unpaired) electrons. The predicted octanol–water partition coefficient (Wildman–Crippen LogP) is 2.57. The summed E-state index contributed by atoms with van der Waals surface area (Å²) in [6, 6.07) is 7.99. The number of rotatable bonds is 1. The van der Waals surface area contributed by atoms with Crippen LogP contribution in [0.25, 0.3) is 11.4 Å². The molecule has 0 aliphatic carbocycles. The lowest BCUT2D eigenvalue weighted by molar-refractivity contribution is 1.25. The van der Waals surface area contributed by atoms with Gasteiger partial charge in [0.1, 0.15) is 5.82 Å². The van der Waals surface area contributed by atoms with E-state index < -0.39 is 0 Å². The zero-order chi connectivity index (χ0) is 9.26. The lowest BCUT2D eigenvalue weighted by Gasteiger charge is -1.97. The number of benzene rings is 1. The van der Waals surface area contributed by atoms with Crippen LogP contribution in [0.3, 0.4) is 0 Å². The average molecular weight is 171 g/mol. The van der Waals surface area contributed by atoms with Crippen molar-refractivity contribution >= 4 is 0 Å². The first kappa shape index (κ1) is 8.05. The van der Waals surface area contributed by atoms with Crippen LogP contribution in [0.1, 0.15) is 11.3 Å². The molecule has 0 amide bonds. The van der Waals surface area contributed by atoms with Crippen molar-refractivity contribution in [1.29, 1.82) is 0 Å². The first-order valence-electron chi connectivity index (χ1n) is 4.20. The molecular weight excluding hydrogens is 160 g/mol. The molecule has 65 valence electrons. The molecule has 2 nitrogen and oxygen atoms in total. The maximum absolute atomic E-state index is 4.34. The smallest absolute Gasteiger partial charge is 0.137 e. The number of aromatic amines is 1. The quantitative estimate of drug-likeness (QED) is 0.701. The van der Waals surface area contributed by atoms with Gasteiger partial charge in [-0.1, -0.05) is 18.2 Å². The molecule has 2 rings (SSSR count). The molecule has 0 aliphatic rings. The van der Waals surface area contributed by atoms with Crippen LogP contribution in [0.15, 0.2) is 30.5 Å². The summed E-state index contributed by atoms with van der Waals surface area (Å²) >= 11 is 0. The number of H-pyrrole nitrogens is 1. The van der Waals surface area contributed by atoms with Gasteiger partial charge >= 0.3 is 0 Å². The van der Waals surface area contributed by atoms with Gasteiger partial charge in [-0.3, -0.25) is 0 Å². The van der Waals surface area contributed by atoms with E-state index >= 15 is 0 Å². The third kappa shape index (κ3) is 1.61. The fraction of sp³-hybridized carbons (Fsp3) is 0.0909. The molecule has 0 spiro atoms. The van der Waals surface area contributed by atoms with Crippen LogP contribution in [0.4, 0.5) is 0 Å². The van der Waals surface area contributed by atoms with Gasteiger partial charge in [0.2, 0.25) is 0 Å². The fourth-order valence-corrected chi connectivity index (χ4v) is 1.28. The molecular formula is C11H11N2. The van der Waals surface area contributed by atoms with Crippen molar-refractivity contribution in [2.75, 3.05) is 0 Å². The van der Waals surface area contributed by atoms with E-state index in [4.69, 9.17) is 0 Å². The van der Waals surface area contributed by atoms with Crippen LogP contribution in [0.2, 0.25) is 0 Å². The summed E-state index contributed by atoms with van der Waals surface area (Å²) in [6.07, 6.45) is 1.89. The van der Waals surface area contributed by atoms with Gasteiger partial charge in [0.05, 0.1) is 5.69 Å². The highest BCUT2D eigenvalue weighted by Crippen LogP contribution is 2.16. The van der Waals surface area contributed by atoms with Crippen molar-refractivity contribution in [3.8, 4) is 11.4 Å². The van der Waals surface area contributed by atoms with Crippen LogP contribution in [-0.2, 0) is 0 Å². The Bertz CT molecular complexity index is 416. The Morgan fingerprint density at radius 3 is 2.85 bits per heavy atom. The highest BCUT2D eigenvalue weighted by molar-refractivity contribution is 5.56. The molecule has 2 heteroatoms. The molecule has 0 bridgehead atoms.